The number of ether oxygens (including phenoxy) is 1. The third-order valence-electron chi connectivity index (χ3n) is 3.83. The molecular formula is C14H21N3O3. The number of likely N-dealkylation sites (N-methyl/N-ethyl adjacent to an activating group) is 1. The summed E-state index contributed by atoms with van der Waals surface area (Å²) in [6.45, 7) is 5.03. The fraction of sp³-hybridized carbons (Fsp3) is 0.571. The molecule has 0 radical (unpaired) electrons. The number of nitro benzene ring substituents is 1. The van der Waals surface area contributed by atoms with Crippen molar-refractivity contribution in [3.05, 3.63) is 28.3 Å². The lowest BCUT2D eigenvalue weighted by molar-refractivity contribution is -0.384. The fourth-order valence-corrected chi connectivity index (χ4v) is 2.71. The lowest BCUT2D eigenvalue weighted by Crippen LogP contribution is -2.34. The molecule has 6 heteroatoms. The Morgan fingerprint density at radius 2 is 2.35 bits per heavy atom. The molecule has 0 saturated carbocycles. The summed E-state index contributed by atoms with van der Waals surface area (Å²) in [5, 5.41) is 14.3. The predicted molar refractivity (Wildman–Crippen MR) is 78.4 cm³/mol. The van der Waals surface area contributed by atoms with Gasteiger partial charge in [0.15, 0.2) is 0 Å². The van der Waals surface area contributed by atoms with Gasteiger partial charge in [0.1, 0.15) is 11.4 Å². The lowest BCUT2D eigenvalue weighted by atomic mass is 10.2. The number of nitrogens with zero attached hydrogens (tertiary/aromatic N) is 2. The first-order valence-corrected chi connectivity index (χ1v) is 6.96. The summed E-state index contributed by atoms with van der Waals surface area (Å²) in [6, 6.07) is 5.36. The number of nitrogens with one attached hydrogen (secondary N) is 1. The Balaban J connectivity index is 2.07. The predicted octanol–water partition coefficient (Wildman–Crippen LogP) is 2.50. The summed E-state index contributed by atoms with van der Waals surface area (Å²) < 4.78 is 5.03. The molecule has 1 aliphatic rings. The second-order valence-corrected chi connectivity index (χ2v) is 4.95. The van der Waals surface area contributed by atoms with Crippen molar-refractivity contribution in [1.29, 1.82) is 0 Å². The third kappa shape index (κ3) is 3.19. The Labute approximate surface area is 118 Å². The Kier molecular flexibility index (Phi) is 4.79. The van der Waals surface area contributed by atoms with Gasteiger partial charge in [-0.15, -0.1) is 0 Å². The Hall–Kier alpha value is -1.82. The Morgan fingerprint density at radius 1 is 1.55 bits per heavy atom. The third-order valence-corrected chi connectivity index (χ3v) is 3.83. The van der Waals surface area contributed by atoms with E-state index < -0.39 is 0 Å². The van der Waals surface area contributed by atoms with E-state index in [4.69, 9.17) is 4.74 Å². The van der Waals surface area contributed by atoms with Gasteiger partial charge in [0.25, 0.3) is 5.69 Å². The zero-order valence-corrected chi connectivity index (χ0v) is 12.0. The molecular weight excluding hydrogens is 258 g/mol. The van der Waals surface area contributed by atoms with Crippen molar-refractivity contribution < 1.29 is 9.66 Å². The van der Waals surface area contributed by atoms with Gasteiger partial charge in [0.05, 0.1) is 18.1 Å². The second kappa shape index (κ2) is 6.56. The van der Waals surface area contributed by atoms with E-state index in [0.29, 0.717) is 17.5 Å². The van der Waals surface area contributed by atoms with Crippen LogP contribution >= 0.6 is 0 Å². The van der Waals surface area contributed by atoms with Crippen LogP contribution in [-0.4, -0.2) is 42.6 Å². The van der Waals surface area contributed by atoms with Crippen LogP contribution in [0.3, 0.4) is 0 Å². The van der Waals surface area contributed by atoms with Gasteiger partial charge < -0.3 is 10.1 Å². The van der Waals surface area contributed by atoms with Crippen molar-refractivity contribution >= 4 is 11.4 Å². The molecule has 1 heterocycles. The lowest BCUT2D eigenvalue weighted by Gasteiger charge is -2.23. The van der Waals surface area contributed by atoms with E-state index >= 15 is 0 Å². The van der Waals surface area contributed by atoms with Gasteiger partial charge in [-0.1, -0.05) is 6.92 Å². The molecule has 110 valence electrons. The molecule has 0 spiro atoms. The Bertz CT molecular complexity index is 479. The molecule has 20 heavy (non-hydrogen) atoms. The molecule has 0 bridgehead atoms. The molecule has 1 atom stereocenters. The largest absolute Gasteiger partial charge is 0.496 e. The molecule has 1 fully saturated rings. The first-order valence-electron chi connectivity index (χ1n) is 6.96. The number of hydrogen-bond donors (Lipinski definition) is 1. The van der Waals surface area contributed by atoms with E-state index in [0.717, 1.165) is 26.1 Å². The maximum atomic E-state index is 11.1. The quantitative estimate of drug-likeness (QED) is 0.640. The van der Waals surface area contributed by atoms with E-state index in [9.17, 15) is 10.1 Å². The highest BCUT2D eigenvalue weighted by molar-refractivity contribution is 5.63. The van der Waals surface area contributed by atoms with Crippen LogP contribution in [-0.2, 0) is 0 Å². The second-order valence-electron chi connectivity index (χ2n) is 4.95. The molecule has 0 amide bonds. The van der Waals surface area contributed by atoms with E-state index in [1.165, 1.54) is 19.6 Å². The van der Waals surface area contributed by atoms with Crippen molar-refractivity contribution in [2.45, 2.75) is 25.8 Å². The summed E-state index contributed by atoms with van der Waals surface area (Å²) in [6.07, 6.45) is 2.34. The fourth-order valence-electron chi connectivity index (χ4n) is 2.71. The number of hydrogen-bond acceptors (Lipinski definition) is 5. The highest BCUT2D eigenvalue weighted by atomic mass is 16.6. The summed E-state index contributed by atoms with van der Waals surface area (Å²) in [4.78, 5) is 13.1. The number of likely N-dealkylation sites (tertiary alicyclic amines) is 1. The zero-order chi connectivity index (χ0) is 14.5. The summed E-state index contributed by atoms with van der Waals surface area (Å²) in [5.74, 6) is 0.498. The van der Waals surface area contributed by atoms with Gasteiger partial charge in [-0.2, -0.15) is 0 Å². The van der Waals surface area contributed by atoms with Crippen LogP contribution in [0.5, 0.6) is 5.75 Å². The first kappa shape index (κ1) is 14.6. The van der Waals surface area contributed by atoms with Crippen LogP contribution in [0.25, 0.3) is 0 Å². The van der Waals surface area contributed by atoms with Crippen molar-refractivity contribution in [3.63, 3.8) is 0 Å². The minimum atomic E-state index is -0.378. The maximum absolute atomic E-state index is 11.1. The van der Waals surface area contributed by atoms with Gasteiger partial charge in [0.2, 0.25) is 0 Å². The van der Waals surface area contributed by atoms with E-state index in [-0.39, 0.29) is 10.6 Å². The molecule has 0 aromatic heterocycles. The molecule has 1 saturated heterocycles. The molecule has 2 rings (SSSR count). The molecule has 1 aromatic rings. The molecule has 0 aliphatic carbocycles. The van der Waals surface area contributed by atoms with Crippen molar-refractivity contribution in [2.75, 3.05) is 32.1 Å². The molecule has 1 aromatic carbocycles. The van der Waals surface area contributed by atoms with Gasteiger partial charge in [-0.05, 0) is 38.1 Å². The zero-order valence-electron chi connectivity index (χ0n) is 12.0. The summed E-state index contributed by atoms with van der Waals surface area (Å²) in [7, 11) is 1.50. The van der Waals surface area contributed by atoms with Crippen LogP contribution in [0, 0.1) is 10.1 Å². The Morgan fingerprint density at radius 3 is 3.00 bits per heavy atom. The van der Waals surface area contributed by atoms with E-state index in [2.05, 4.69) is 17.1 Å². The van der Waals surface area contributed by atoms with Crippen LogP contribution in [0.2, 0.25) is 0 Å². The smallest absolute Gasteiger partial charge is 0.296 e. The van der Waals surface area contributed by atoms with Crippen molar-refractivity contribution in [1.82, 2.24) is 4.90 Å². The SMILES string of the molecule is CCN1CCCC1CNc1ccc(OC)cc1[N+](=O)[O-]. The van der Waals surface area contributed by atoms with Crippen LogP contribution in [0.15, 0.2) is 18.2 Å². The van der Waals surface area contributed by atoms with Crippen LogP contribution in [0.1, 0.15) is 19.8 Å². The number of anilines is 1. The van der Waals surface area contributed by atoms with Gasteiger partial charge in [-0.25, -0.2) is 0 Å². The number of methoxy groups -OCH3 is 1. The highest BCUT2D eigenvalue weighted by Gasteiger charge is 2.23. The summed E-state index contributed by atoms with van der Waals surface area (Å²) in [5.41, 5.74) is 0.615. The minimum Gasteiger partial charge on any atom is -0.496 e. The topological polar surface area (TPSA) is 67.6 Å². The van der Waals surface area contributed by atoms with Gasteiger partial charge >= 0.3 is 0 Å². The molecule has 1 aliphatic heterocycles. The number of benzene rings is 1. The molecule has 6 nitrogen and oxygen atoms in total. The van der Waals surface area contributed by atoms with Gasteiger partial charge in [-0.3, -0.25) is 15.0 Å². The average molecular weight is 279 g/mol. The minimum absolute atomic E-state index is 0.0606. The number of nitro groups is 1. The van der Waals surface area contributed by atoms with E-state index in [1.54, 1.807) is 12.1 Å². The maximum Gasteiger partial charge on any atom is 0.296 e. The van der Waals surface area contributed by atoms with Crippen molar-refractivity contribution in [2.24, 2.45) is 0 Å². The summed E-state index contributed by atoms with van der Waals surface area (Å²) >= 11 is 0. The van der Waals surface area contributed by atoms with Crippen LogP contribution < -0.4 is 10.1 Å². The standard InChI is InChI=1S/C14H21N3O3/c1-3-16-8-4-5-11(16)10-15-13-7-6-12(20-2)9-14(13)17(18)19/h6-7,9,11,15H,3-5,8,10H2,1-2H3. The average Bonchev–Trinajstić information content (AvgIpc) is 2.92. The van der Waals surface area contributed by atoms with Gasteiger partial charge in [0, 0.05) is 12.6 Å². The monoisotopic (exact) mass is 279 g/mol. The van der Waals surface area contributed by atoms with Crippen molar-refractivity contribution in [3.8, 4) is 5.75 Å². The molecule has 1 N–H and O–H groups in total. The normalized spacial score (nSPS) is 19.0. The first-order chi connectivity index (χ1) is 9.65. The van der Waals surface area contributed by atoms with E-state index in [1.807, 2.05) is 0 Å². The van der Waals surface area contributed by atoms with Crippen LogP contribution in [0.4, 0.5) is 11.4 Å². The number of rotatable bonds is 6. The highest BCUT2D eigenvalue weighted by Crippen LogP contribution is 2.29. The molecule has 1 unspecified atom stereocenters.